The molecule has 2 aromatic heterocycles. The third-order valence-corrected chi connectivity index (χ3v) is 6.46. The molecule has 2 aliphatic rings. The number of quaternary nitrogens is 1. The van der Waals surface area contributed by atoms with Crippen LogP contribution in [0.25, 0.3) is 10.2 Å². The van der Waals surface area contributed by atoms with Crippen LogP contribution in [0.4, 0.5) is 0 Å². The molecule has 1 fully saturated rings. The van der Waals surface area contributed by atoms with Gasteiger partial charge in [-0.25, -0.2) is 4.98 Å². The molecule has 4 rings (SSSR count). The van der Waals surface area contributed by atoms with Gasteiger partial charge in [-0.2, -0.15) is 0 Å². The number of aryl methyl sites for hydroxylation is 2. The molecule has 2 N–H and O–H groups in total. The first-order valence-electron chi connectivity index (χ1n) is 8.57. The van der Waals surface area contributed by atoms with Gasteiger partial charge in [-0.1, -0.05) is 6.92 Å². The summed E-state index contributed by atoms with van der Waals surface area (Å²) in [6.45, 7) is 5.59. The Balaban J connectivity index is 1.64. The molecule has 0 aromatic carbocycles. The lowest BCUT2D eigenvalue weighted by Crippen LogP contribution is -3.11. The van der Waals surface area contributed by atoms with Crippen LogP contribution in [0.15, 0.2) is 4.79 Å². The third kappa shape index (κ3) is 2.61. The summed E-state index contributed by atoms with van der Waals surface area (Å²) >= 11 is 1.75. The molecule has 0 saturated carbocycles. The molecule has 0 radical (unpaired) electrons. The molecule has 3 heterocycles. The summed E-state index contributed by atoms with van der Waals surface area (Å²) in [5.41, 5.74) is 1.37. The fourth-order valence-electron chi connectivity index (χ4n) is 3.88. The number of likely N-dealkylation sites (tertiary alicyclic amines) is 1. The molecular formula is C17H24N3OS+. The van der Waals surface area contributed by atoms with Crippen molar-refractivity contribution in [1.29, 1.82) is 0 Å². The van der Waals surface area contributed by atoms with Crippen molar-refractivity contribution in [2.75, 3.05) is 13.1 Å². The maximum absolute atomic E-state index is 12.5. The largest absolute Gasteiger partial charge is 0.329 e. The predicted octanol–water partition coefficient (Wildman–Crippen LogP) is 1.68. The summed E-state index contributed by atoms with van der Waals surface area (Å²) < 4.78 is 0. The summed E-state index contributed by atoms with van der Waals surface area (Å²) in [6, 6.07) is 0. The second-order valence-electron chi connectivity index (χ2n) is 7.01. The topological polar surface area (TPSA) is 50.2 Å². The molecule has 5 heteroatoms. The highest BCUT2D eigenvalue weighted by Crippen LogP contribution is 2.33. The zero-order chi connectivity index (χ0) is 15.1. The minimum atomic E-state index is 0.0872. The number of rotatable bonds is 2. The molecule has 0 atom stereocenters. The summed E-state index contributed by atoms with van der Waals surface area (Å²) in [6.07, 6.45) is 7.20. The number of thiophene rings is 1. The molecule has 1 aliphatic carbocycles. The first kappa shape index (κ1) is 14.4. The van der Waals surface area contributed by atoms with Crippen LogP contribution in [0.1, 0.15) is 48.9 Å². The van der Waals surface area contributed by atoms with Gasteiger partial charge >= 0.3 is 0 Å². The molecule has 0 unspecified atom stereocenters. The Kier molecular flexibility index (Phi) is 3.78. The van der Waals surface area contributed by atoms with E-state index in [9.17, 15) is 4.79 Å². The lowest BCUT2D eigenvalue weighted by molar-refractivity contribution is -0.920. The molecule has 0 bridgehead atoms. The SMILES string of the molecule is CC1CC[NH+](Cc2nc3sc4c(c3c(=O)[nH]2)CCCC4)CC1. The number of nitrogens with zero attached hydrogens (tertiary/aromatic N) is 1. The average Bonchev–Trinajstić information content (AvgIpc) is 2.88. The van der Waals surface area contributed by atoms with Crippen molar-refractivity contribution in [3.8, 4) is 0 Å². The normalized spacial score (nSPS) is 25.3. The van der Waals surface area contributed by atoms with Gasteiger partial charge in [0.25, 0.3) is 5.56 Å². The maximum atomic E-state index is 12.5. The Hall–Kier alpha value is -1.20. The van der Waals surface area contributed by atoms with Gasteiger partial charge in [0.05, 0.1) is 18.5 Å². The molecule has 0 amide bonds. The number of aromatic amines is 1. The molecular weight excluding hydrogens is 294 g/mol. The van der Waals surface area contributed by atoms with Crippen LogP contribution in [-0.2, 0) is 19.4 Å². The fraction of sp³-hybridized carbons (Fsp3) is 0.647. The van der Waals surface area contributed by atoms with Crippen molar-refractivity contribution in [2.24, 2.45) is 5.92 Å². The number of hydrogen-bond donors (Lipinski definition) is 2. The Bertz CT molecular complexity index is 740. The van der Waals surface area contributed by atoms with Crippen molar-refractivity contribution in [2.45, 2.75) is 52.0 Å². The van der Waals surface area contributed by atoms with E-state index in [2.05, 4.69) is 11.9 Å². The summed E-state index contributed by atoms with van der Waals surface area (Å²) in [5, 5.41) is 0.880. The average molecular weight is 318 g/mol. The van der Waals surface area contributed by atoms with Crippen LogP contribution < -0.4 is 10.5 Å². The smallest absolute Gasteiger partial charge is 0.260 e. The lowest BCUT2D eigenvalue weighted by atomic mass is 9.97. The summed E-state index contributed by atoms with van der Waals surface area (Å²) in [5.74, 6) is 1.72. The minimum absolute atomic E-state index is 0.0872. The van der Waals surface area contributed by atoms with Crippen LogP contribution in [0, 0.1) is 5.92 Å². The number of hydrogen-bond acceptors (Lipinski definition) is 3. The first-order chi connectivity index (χ1) is 10.7. The van der Waals surface area contributed by atoms with E-state index in [0.29, 0.717) is 0 Å². The van der Waals surface area contributed by atoms with E-state index in [-0.39, 0.29) is 5.56 Å². The fourth-order valence-corrected chi connectivity index (χ4v) is 5.16. The van der Waals surface area contributed by atoms with Crippen molar-refractivity contribution >= 4 is 21.6 Å². The van der Waals surface area contributed by atoms with Crippen molar-refractivity contribution in [3.05, 3.63) is 26.6 Å². The predicted molar refractivity (Wildman–Crippen MR) is 89.7 cm³/mol. The molecule has 1 saturated heterocycles. The second-order valence-corrected chi connectivity index (χ2v) is 8.10. The van der Waals surface area contributed by atoms with Crippen LogP contribution in [0.5, 0.6) is 0 Å². The van der Waals surface area contributed by atoms with Crippen LogP contribution in [-0.4, -0.2) is 23.1 Å². The van der Waals surface area contributed by atoms with Crippen LogP contribution in [0.2, 0.25) is 0 Å². The van der Waals surface area contributed by atoms with Gasteiger partial charge in [0, 0.05) is 4.88 Å². The zero-order valence-corrected chi connectivity index (χ0v) is 14.0. The van der Waals surface area contributed by atoms with Gasteiger partial charge in [0.15, 0.2) is 5.82 Å². The number of aromatic nitrogens is 2. The number of H-pyrrole nitrogens is 1. The molecule has 0 spiro atoms. The molecule has 2 aromatic rings. The highest BCUT2D eigenvalue weighted by molar-refractivity contribution is 7.18. The quantitative estimate of drug-likeness (QED) is 0.885. The lowest BCUT2D eigenvalue weighted by Gasteiger charge is -2.26. The Morgan fingerprint density at radius 2 is 2.05 bits per heavy atom. The van der Waals surface area contributed by atoms with E-state index in [1.165, 1.54) is 49.2 Å². The van der Waals surface area contributed by atoms with Crippen molar-refractivity contribution < 1.29 is 4.90 Å². The molecule has 118 valence electrons. The number of nitrogens with one attached hydrogen (secondary N) is 2. The van der Waals surface area contributed by atoms with Crippen LogP contribution in [0.3, 0.4) is 0 Å². The molecule has 1 aliphatic heterocycles. The molecule has 22 heavy (non-hydrogen) atoms. The van der Waals surface area contributed by atoms with Gasteiger partial charge in [-0.05, 0) is 50.0 Å². The maximum Gasteiger partial charge on any atom is 0.260 e. The van der Waals surface area contributed by atoms with Gasteiger partial charge in [0.2, 0.25) is 0 Å². The monoisotopic (exact) mass is 318 g/mol. The standard InChI is InChI=1S/C17H23N3OS/c1-11-6-8-20(9-7-11)10-14-18-16(21)15-12-4-2-3-5-13(12)22-17(15)19-14/h11H,2-10H2,1H3,(H,18,19,21)/p+1. The minimum Gasteiger partial charge on any atom is -0.329 e. The Labute approximate surface area is 134 Å². The van der Waals surface area contributed by atoms with E-state index in [4.69, 9.17) is 4.98 Å². The van der Waals surface area contributed by atoms with E-state index in [1.54, 1.807) is 16.2 Å². The number of fused-ring (bicyclic) bond motifs is 3. The summed E-state index contributed by atoms with van der Waals surface area (Å²) in [4.78, 5) is 24.3. The van der Waals surface area contributed by atoms with Crippen LogP contribution >= 0.6 is 11.3 Å². The van der Waals surface area contributed by atoms with Crippen molar-refractivity contribution in [3.63, 3.8) is 0 Å². The molecule has 4 nitrogen and oxygen atoms in total. The second kappa shape index (κ2) is 5.78. The van der Waals surface area contributed by atoms with Crippen molar-refractivity contribution in [1.82, 2.24) is 9.97 Å². The van der Waals surface area contributed by atoms with E-state index in [1.807, 2.05) is 0 Å². The Morgan fingerprint density at radius 3 is 2.86 bits per heavy atom. The number of piperidine rings is 1. The Morgan fingerprint density at radius 1 is 1.27 bits per heavy atom. The third-order valence-electron chi connectivity index (χ3n) is 5.27. The summed E-state index contributed by atoms with van der Waals surface area (Å²) in [7, 11) is 0. The van der Waals surface area contributed by atoms with Gasteiger partial charge in [-0.3, -0.25) is 4.79 Å². The zero-order valence-electron chi connectivity index (χ0n) is 13.2. The van der Waals surface area contributed by atoms with Gasteiger partial charge in [-0.15, -0.1) is 11.3 Å². The first-order valence-corrected chi connectivity index (χ1v) is 9.39. The highest BCUT2D eigenvalue weighted by Gasteiger charge is 2.22. The highest BCUT2D eigenvalue weighted by atomic mass is 32.1. The van der Waals surface area contributed by atoms with Gasteiger partial charge < -0.3 is 9.88 Å². The van der Waals surface area contributed by atoms with Gasteiger partial charge in [0.1, 0.15) is 11.4 Å². The van der Waals surface area contributed by atoms with E-state index in [0.717, 1.165) is 41.3 Å². The van der Waals surface area contributed by atoms with E-state index < -0.39 is 0 Å². The van der Waals surface area contributed by atoms with E-state index >= 15 is 0 Å².